The molecule has 1 amide bonds. The second-order valence-corrected chi connectivity index (χ2v) is 5.08. The third-order valence-corrected chi connectivity index (χ3v) is 3.22. The Balaban J connectivity index is 2.80. The zero-order valence-corrected chi connectivity index (χ0v) is 13.5. The Bertz CT molecular complexity index is 472. The molecular weight excluding hydrogens is 348 g/mol. The zero-order chi connectivity index (χ0) is 15.8. The third kappa shape index (κ3) is 5.49. The van der Waals surface area contributed by atoms with Crippen molar-refractivity contribution < 1.29 is 23.0 Å². The number of hydrogen-bond acceptors (Lipinski definition) is 3. The molecule has 1 aromatic carbocycles. The summed E-state index contributed by atoms with van der Waals surface area (Å²) in [5, 5.41) is 0.456. The molecule has 0 bridgehead atoms. The Labute approximate surface area is 131 Å². The number of ether oxygens (including phenoxy) is 2. The normalized spacial score (nSPS) is 10.6. The fourth-order valence-electron chi connectivity index (χ4n) is 1.86. The molecule has 0 aromatic heterocycles. The van der Waals surface area contributed by atoms with Crippen molar-refractivity contribution in [3.05, 3.63) is 23.8 Å². The molecule has 0 fully saturated rings. The molecule has 0 atom stereocenters. The maximum absolute atomic E-state index is 12.5. The molecule has 118 valence electrons. The van der Waals surface area contributed by atoms with E-state index >= 15 is 0 Å². The zero-order valence-electron chi connectivity index (χ0n) is 11.9. The summed E-state index contributed by atoms with van der Waals surface area (Å²) in [6.07, 6.45) is -2.50. The molecule has 0 aliphatic carbocycles. The van der Waals surface area contributed by atoms with Crippen molar-refractivity contribution in [2.24, 2.45) is 0 Å². The number of hydrogen-bond donors (Lipinski definition) is 0. The minimum absolute atomic E-state index is 0.0417. The van der Waals surface area contributed by atoms with Gasteiger partial charge in [-0.1, -0.05) is 22.0 Å². The highest BCUT2D eigenvalue weighted by Crippen LogP contribution is 2.27. The largest absolute Gasteiger partial charge is 0.493 e. The fourth-order valence-corrected chi connectivity index (χ4v) is 2.29. The summed E-state index contributed by atoms with van der Waals surface area (Å²) in [5.41, 5.74) is 0.687. The van der Waals surface area contributed by atoms with Crippen molar-refractivity contribution in [2.75, 3.05) is 32.6 Å². The second kappa shape index (κ2) is 8.81. The van der Waals surface area contributed by atoms with Gasteiger partial charge >= 0.3 is 0 Å². The molecule has 0 unspecified atom stereocenters. The summed E-state index contributed by atoms with van der Waals surface area (Å²) < 4.78 is 35.2. The van der Waals surface area contributed by atoms with Crippen LogP contribution in [0.3, 0.4) is 0 Å². The van der Waals surface area contributed by atoms with E-state index in [-0.39, 0.29) is 18.9 Å². The van der Waals surface area contributed by atoms with E-state index in [0.29, 0.717) is 22.4 Å². The molecule has 0 aliphatic rings. The molecule has 1 aromatic rings. The first-order chi connectivity index (χ1) is 10.0. The number of nitrogens with zero attached hydrogens (tertiary/aromatic N) is 1. The van der Waals surface area contributed by atoms with E-state index in [9.17, 15) is 13.6 Å². The molecule has 0 aliphatic heterocycles. The molecule has 0 radical (unpaired) electrons. The average Bonchev–Trinajstić information content (AvgIpc) is 2.46. The van der Waals surface area contributed by atoms with Crippen molar-refractivity contribution >= 4 is 21.8 Å². The van der Waals surface area contributed by atoms with E-state index in [4.69, 9.17) is 9.47 Å². The lowest BCUT2D eigenvalue weighted by Gasteiger charge is -2.21. The molecule has 7 heteroatoms. The van der Waals surface area contributed by atoms with Gasteiger partial charge < -0.3 is 14.4 Å². The van der Waals surface area contributed by atoms with Gasteiger partial charge in [0.25, 0.3) is 6.43 Å². The summed E-state index contributed by atoms with van der Waals surface area (Å²) in [5.74, 6) is 0.712. The Morgan fingerprint density at radius 3 is 2.48 bits per heavy atom. The van der Waals surface area contributed by atoms with E-state index in [1.54, 1.807) is 18.2 Å². The van der Waals surface area contributed by atoms with Gasteiger partial charge in [-0.25, -0.2) is 8.78 Å². The van der Waals surface area contributed by atoms with Gasteiger partial charge in [0.2, 0.25) is 5.91 Å². The van der Waals surface area contributed by atoms with Crippen LogP contribution in [-0.4, -0.2) is 49.9 Å². The van der Waals surface area contributed by atoms with Crippen LogP contribution in [0.25, 0.3) is 0 Å². The lowest BCUT2D eigenvalue weighted by atomic mass is 10.1. The van der Waals surface area contributed by atoms with E-state index in [0.717, 1.165) is 4.90 Å². The number of benzene rings is 1. The van der Waals surface area contributed by atoms with Crippen molar-refractivity contribution in [1.29, 1.82) is 0 Å². The molecule has 0 N–H and O–H groups in total. The van der Waals surface area contributed by atoms with Crippen LogP contribution < -0.4 is 9.47 Å². The van der Waals surface area contributed by atoms with Crippen LogP contribution in [-0.2, 0) is 11.2 Å². The van der Waals surface area contributed by atoms with Gasteiger partial charge in [0, 0.05) is 11.9 Å². The smallest absolute Gasteiger partial charge is 0.255 e. The van der Waals surface area contributed by atoms with Crippen molar-refractivity contribution in [1.82, 2.24) is 4.90 Å². The van der Waals surface area contributed by atoms with E-state index in [2.05, 4.69) is 15.9 Å². The number of halogens is 3. The van der Waals surface area contributed by atoms with Crippen LogP contribution in [0.4, 0.5) is 8.78 Å². The van der Waals surface area contributed by atoms with Crippen LogP contribution in [0, 0.1) is 0 Å². The predicted molar refractivity (Wildman–Crippen MR) is 79.6 cm³/mol. The third-order valence-electron chi connectivity index (χ3n) is 2.87. The SMILES string of the molecule is COc1ccc(CC(=O)N(CCBr)CC(F)F)cc1OC. The number of amides is 1. The summed E-state index contributed by atoms with van der Waals surface area (Å²) >= 11 is 3.16. The number of alkyl halides is 3. The number of carbonyl (C=O) groups excluding carboxylic acids is 1. The van der Waals surface area contributed by atoms with E-state index in [1.165, 1.54) is 14.2 Å². The Hall–Kier alpha value is -1.37. The highest BCUT2D eigenvalue weighted by molar-refractivity contribution is 9.09. The fraction of sp³-hybridized carbons (Fsp3) is 0.500. The maximum atomic E-state index is 12.5. The maximum Gasteiger partial charge on any atom is 0.255 e. The van der Waals surface area contributed by atoms with Gasteiger partial charge in [0.15, 0.2) is 11.5 Å². The van der Waals surface area contributed by atoms with Crippen molar-refractivity contribution in [2.45, 2.75) is 12.8 Å². The van der Waals surface area contributed by atoms with Crippen molar-refractivity contribution in [3.63, 3.8) is 0 Å². The summed E-state index contributed by atoms with van der Waals surface area (Å²) in [6.45, 7) is -0.311. The minimum Gasteiger partial charge on any atom is -0.493 e. The second-order valence-electron chi connectivity index (χ2n) is 4.29. The topological polar surface area (TPSA) is 38.8 Å². The van der Waals surface area contributed by atoms with Crippen LogP contribution in [0.5, 0.6) is 11.5 Å². The molecule has 21 heavy (non-hydrogen) atoms. The van der Waals surface area contributed by atoms with Crippen LogP contribution in [0.2, 0.25) is 0 Å². The standard InChI is InChI=1S/C14H18BrF2NO3/c1-20-11-4-3-10(7-12(11)21-2)8-14(19)18(6-5-15)9-13(16)17/h3-4,7,13H,5-6,8-9H2,1-2H3. The van der Waals surface area contributed by atoms with E-state index in [1.807, 2.05) is 0 Å². The first kappa shape index (κ1) is 17.7. The average molecular weight is 366 g/mol. The van der Waals surface area contributed by atoms with Crippen LogP contribution in [0.15, 0.2) is 18.2 Å². The molecule has 0 saturated heterocycles. The van der Waals surface area contributed by atoms with E-state index < -0.39 is 13.0 Å². The van der Waals surface area contributed by atoms with Gasteiger partial charge in [-0.05, 0) is 17.7 Å². The first-order valence-corrected chi connectivity index (χ1v) is 7.46. The van der Waals surface area contributed by atoms with Crippen LogP contribution in [0.1, 0.15) is 5.56 Å². The van der Waals surface area contributed by atoms with Gasteiger partial charge in [-0.3, -0.25) is 4.79 Å². The molecular formula is C14H18BrF2NO3. The Kier molecular flexibility index (Phi) is 7.42. The van der Waals surface area contributed by atoms with Gasteiger partial charge in [-0.15, -0.1) is 0 Å². The Morgan fingerprint density at radius 2 is 1.95 bits per heavy atom. The summed E-state index contributed by atoms with van der Waals surface area (Å²) in [7, 11) is 3.01. The van der Waals surface area contributed by atoms with Crippen molar-refractivity contribution in [3.8, 4) is 11.5 Å². The highest BCUT2D eigenvalue weighted by Gasteiger charge is 2.18. The molecule has 0 spiro atoms. The molecule has 0 saturated carbocycles. The van der Waals surface area contributed by atoms with Gasteiger partial charge in [-0.2, -0.15) is 0 Å². The predicted octanol–water partition coefficient (Wildman–Crippen LogP) is 2.73. The highest BCUT2D eigenvalue weighted by atomic mass is 79.9. The first-order valence-electron chi connectivity index (χ1n) is 6.34. The Morgan fingerprint density at radius 1 is 1.29 bits per heavy atom. The molecule has 4 nitrogen and oxygen atoms in total. The molecule has 1 rings (SSSR count). The number of methoxy groups -OCH3 is 2. The summed E-state index contributed by atoms with van der Waals surface area (Å²) in [6, 6.07) is 5.07. The van der Waals surface area contributed by atoms with Crippen LogP contribution >= 0.6 is 15.9 Å². The van der Waals surface area contributed by atoms with Gasteiger partial charge in [0.1, 0.15) is 0 Å². The summed E-state index contributed by atoms with van der Waals surface area (Å²) in [4.78, 5) is 13.2. The number of carbonyl (C=O) groups is 1. The molecule has 0 heterocycles. The monoisotopic (exact) mass is 365 g/mol. The lowest BCUT2D eigenvalue weighted by molar-refractivity contribution is -0.132. The quantitative estimate of drug-likeness (QED) is 0.665. The lowest BCUT2D eigenvalue weighted by Crippen LogP contribution is -2.37. The number of rotatable bonds is 8. The minimum atomic E-state index is -2.54. The van der Waals surface area contributed by atoms with Gasteiger partial charge in [0.05, 0.1) is 27.2 Å².